The second-order valence-electron chi connectivity index (χ2n) is 6.72. The molecule has 130 valence electrons. The molecule has 0 radical (unpaired) electrons. The van der Waals surface area contributed by atoms with Crippen LogP contribution in [0.3, 0.4) is 0 Å². The average molecular weight is 330 g/mol. The molecule has 3 rings (SSSR count). The lowest BCUT2D eigenvalue weighted by Crippen LogP contribution is -2.49. The predicted molar refractivity (Wildman–Crippen MR) is 93.6 cm³/mol. The third-order valence-corrected chi connectivity index (χ3v) is 4.85. The summed E-state index contributed by atoms with van der Waals surface area (Å²) in [6.07, 6.45) is 2.68. The van der Waals surface area contributed by atoms with Crippen molar-refractivity contribution in [2.24, 2.45) is 5.73 Å². The van der Waals surface area contributed by atoms with Gasteiger partial charge in [0.15, 0.2) is 0 Å². The fraction of sp³-hybridized carbons (Fsp3) is 0.556. The fourth-order valence-corrected chi connectivity index (χ4v) is 2.99. The van der Waals surface area contributed by atoms with E-state index in [1.165, 1.54) is 5.69 Å². The maximum absolute atomic E-state index is 12.3. The summed E-state index contributed by atoms with van der Waals surface area (Å²) >= 11 is 0. The Morgan fingerprint density at radius 2 is 1.75 bits per heavy atom. The molecular formula is C18H26N4O2. The largest absolute Gasteiger partial charge is 0.368 e. The Labute approximate surface area is 143 Å². The molecule has 1 aliphatic heterocycles. The molecule has 1 aliphatic carbocycles. The Morgan fingerprint density at radius 1 is 1.08 bits per heavy atom. The Balaban J connectivity index is 1.34. The van der Waals surface area contributed by atoms with Crippen molar-refractivity contribution in [1.29, 1.82) is 0 Å². The van der Waals surface area contributed by atoms with Gasteiger partial charge in [0.05, 0.1) is 5.54 Å². The zero-order valence-electron chi connectivity index (χ0n) is 14.0. The highest BCUT2D eigenvalue weighted by atomic mass is 16.2. The van der Waals surface area contributed by atoms with E-state index in [0.29, 0.717) is 19.4 Å². The molecule has 1 aromatic rings. The van der Waals surface area contributed by atoms with Crippen LogP contribution in [0.2, 0.25) is 0 Å². The number of hydrogen-bond acceptors (Lipinski definition) is 4. The first-order valence-corrected chi connectivity index (χ1v) is 8.73. The summed E-state index contributed by atoms with van der Waals surface area (Å²) in [6.45, 7) is 3.76. The van der Waals surface area contributed by atoms with Gasteiger partial charge in [-0.1, -0.05) is 18.2 Å². The molecular weight excluding hydrogens is 304 g/mol. The summed E-state index contributed by atoms with van der Waals surface area (Å²) in [4.78, 5) is 28.2. The lowest BCUT2D eigenvalue weighted by molar-refractivity contribution is -0.131. The quantitative estimate of drug-likeness (QED) is 0.754. The molecule has 3 N–H and O–H groups in total. The normalized spacial score (nSPS) is 19.0. The van der Waals surface area contributed by atoms with E-state index < -0.39 is 5.54 Å². The van der Waals surface area contributed by atoms with E-state index in [1.807, 2.05) is 23.1 Å². The molecule has 6 nitrogen and oxygen atoms in total. The molecule has 0 atom stereocenters. The molecule has 1 saturated carbocycles. The van der Waals surface area contributed by atoms with Crippen LogP contribution >= 0.6 is 0 Å². The summed E-state index contributed by atoms with van der Waals surface area (Å²) < 4.78 is 0. The number of carbonyl (C=O) groups is 2. The smallest absolute Gasteiger partial charge is 0.240 e. The molecule has 0 unspecified atom stereocenters. The molecule has 2 aliphatic rings. The number of anilines is 1. The van der Waals surface area contributed by atoms with Crippen molar-refractivity contribution in [2.75, 3.05) is 37.6 Å². The van der Waals surface area contributed by atoms with E-state index in [0.717, 1.165) is 39.0 Å². The van der Waals surface area contributed by atoms with E-state index in [1.54, 1.807) is 0 Å². The maximum atomic E-state index is 12.3. The van der Waals surface area contributed by atoms with Crippen LogP contribution in [-0.4, -0.2) is 55.0 Å². The van der Waals surface area contributed by atoms with Gasteiger partial charge in [0, 0.05) is 44.8 Å². The topological polar surface area (TPSA) is 78.7 Å². The third-order valence-electron chi connectivity index (χ3n) is 4.85. The number of nitrogens with two attached hydrogens (primary N) is 1. The Bertz CT molecular complexity index is 578. The third kappa shape index (κ3) is 4.06. The average Bonchev–Trinajstić information content (AvgIpc) is 3.38. The monoisotopic (exact) mass is 330 g/mol. The number of benzene rings is 1. The zero-order valence-corrected chi connectivity index (χ0v) is 14.0. The number of para-hydroxylation sites is 1. The van der Waals surface area contributed by atoms with Crippen LogP contribution in [0.4, 0.5) is 5.69 Å². The molecule has 0 bridgehead atoms. The van der Waals surface area contributed by atoms with Gasteiger partial charge in [0.25, 0.3) is 0 Å². The van der Waals surface area contributed by atoms with E-state index in [9.17, 15) is 9.59 Å². The van der Waals surface area contributed by atoms with Crippen LogP contribution in [0.15, 0.2) is 30.3 Å². The first-order chi connectivity index (χ1) is 11.6. The molecule has 24 heavy (non-hydrogen) atoms. The molecule has 1 aromatic carbocycles. The summed E-state index contributed by atoms with van der Waals surface area (Å²) in [7, 11) is 0. The van der Waals surface area contributed by atoms with Crippen molar-refractivity contribution in [3.05, 3.63) is 30.3 Å². The van der Waals surface area contributed by atoms with Crippen LogP contribution in [0, 0.1) is 0 Å². The highest BCUT2D eigenvalue weighted by Crippen LogP contribution is 2.31. The Kier molecular flexibility index (Phi) is 5.04. The SMILES string of the molecule is NC1(C(=O)NCCCC(=O)N2CCN(c3ccccc3)CC2)CC1. The second-order valence-corrected chi connectivity index (χ2v) is 6.72. The van der Waals surface area contributed by atoms with Crippen molar-refractivity contribution in [3.63, 3.8) is 0 Å². The first kappa shape index (κ1) is 16.8. The molecule has 2 amide bonds. The van der Waals surface area contributed by atoms with Gasteiger partial charge >= 0.3 is 0 Å². The van der Waals surface area contributed by atoms with Crippen molar-refractivity contribution in [3.8, 4) is 0 Å². The number of nitrogens with one attached hydrogen (secondary N) is 1. The van der Waals surface area contributed by atoms with Crippen LogP contribution in [0.25, 0.3) is 0 Å². The summed E-state index contributed by atoms with van der Waals surface area (Å²) in [5.41, 5.74) is 6.40. The van der Waals surface area contributed by atoms with E-state index >= 15 is 0 Å². The lowest BCUT2D eigenvalue weighted by Gasteiger charge is -2.36. The first-order valence-electron chi connectivity index (χ1n) is 8.73. The van der Waals surface area contributed by atoms with Crippen molar-refractivity contribution in [2.45, 2.75) is 31.2 Å². The number of rotatable bonds is 6. The molecule has 1 saturated heterocycles. The Hall–Kier alpha value is -2.08. The minimum absolute atomic E-state index is 0.0774. The zero-order chi connectivity index (χ0) is 17.0. The summed E-state index contributed by atoms with van der Waals surface area (Å²) in [5, 5.41) is 2.83. The van der Waals surface area contributed by atoms with Gasteiger partial charge in [-0.3, -0.25) is 9.59 Å². The minimum Gasteiger partial charge on any atom is -0.368 e. The number of amides is 2. The highest BCUT2D eigenvalue weighted by molar-refractivity contribution is 5.89. The molecule has 0 aromatic heterocycles. The van der Waals surface area contributed by atoms with E-state index in [-0.39, 0.29) is 11.8 Å². The van der Waals surface area contributed by atoms with Gasteiger partial charge in [-0.25, -0.2) is 0 Å². The fourth-order valence-electron chi connectivity index (χ4n) is 2.99. The molecule has 1 heterocycles. The van der Waals surface area contributed by atoms with Gasteiger partial charge in [0.2, 0.25) is 11.8 Å². The number of carbonyl (C=O) groups excluding carboxylic acids is 2. The number of hydrogen-bond donors (Lipinski definition) is 2. The standard InChI is InChI=1S/C18H26N4O2/c19-18(8-9-18)17(24)20-10-4-7-16(23)22-13-11-21(12-14-22)15-5-2-1-3-6-15/h1-3,5-6H,4,7-14,19H2,(H,20,24). The van der Waals surface area contributed by atoms with Gasteiger partial charge in [-0.05, 0) is 31.4 Å². The van der Waals surface area contributed by atoms with Crippen LogP contribution in [0.5, 0.6) is 0 Å². The summed E-state index contributed by atoms with van der Waals surface area (Å²) in [5.74, 6) is 0.0947. The van der Waals surface area contributed by atoms with Gasteiger partial charge in [-0.15, -0.1) is 0 Å². The van der Waals surface area contributed by atoms with E-state index in [2.05, 4.69) is 22.3 Å². The lowest BCUT2D eigenvalue weighted by atomic mass is 10.2. The van der Waals surface area contributed by atoms with Gasteiger partial charge < -0.3 is 20.9 Å². The van der Waals surface area contributed by atoms with Gasteiger partial charge in [-0.2, -0.15) is 0 Å². The minimum atomic E-state index is -0.627. The van der Waals surface area contributed by atoms with Gasteiger partial charge in [0.1, 0.15) is 0 Å². The maximum Gasteiger partial charge on any atom is 0.240 e. The molecule has 6 heteroatoms. The van der Waals surface area contributed by atoms with Crippen LogP contribution in [0.1, 0.15) is 25.7 Å². The Morgan fingerprint density at radius 3 is 2.38 bits per heavy atom. The second kappa shape index (κ2) is 7.21. The van der Waals surface area contributed by atoms with Crippen LogP contribution < -0.4 is 16.0 Å². The van der Waals surface area contributed by atoms with E-state index in [4.69, 9.17) is 5.73 Å². The molecule has 0 spiro atoms. The van der Waals surface area contributed by atoms with Crippen molar-refractivity contribution < 1.29 is 9.59 Å². The highest BCUT2D eigenvalue weighted by Gasteiger charge is 2.45. The molecule has 2 fully saturated rings. The number of piperazine rings is 1. The predicted octanol–water partition coefficient (Wildman–Crippen LogP) is 0.723. The van der Waals surface area contributed by atoms with Crippen LogP contribution in [-0.2, 0) is 9.59 Å². The van der Waals surface area contributed by atoms with Crippen molar-refractivity contribution in [1.82, 2.24) is 10.2 Å². The summed E-state index contributed by atoms with van der Waals surface area (Å²) in [6, 6.07) is 10.3. The number of nitrogens with zero attached hydrogens (tertiary/aromatic N) is 2. The van der Waals surface area contributed by atoms with Crippen molar-refractivity contribution >= 4 is 17.5 Å².